The Hall–Kier alpha value is -5.56. The fourth-order valence-electron chi connectivity index (χ4n) is 4.06. The second kappa shape index (κ2) is 30.9. The number of ether oxygens (including phenoxy) is 6. The SMILES string of the molecule is C.C.C.C.C.C.COCOC(=O)c1ccc(C(C)=O)cc1.COCOC(=O)c1ccc(C(C)=O)cc1.COCOC(=O)c1cccc2c(C(C)=O)cccc12. The Kier molecular flexibility index (Phi) is 33.0. The van der Waals surface area contributed by atoms with Crippen LogP contribution < -0.4 is 0 Å². The average Bonchev–Trinajstić information content (AvgIpc) is 3.11. The van der Waals surface area contributed by atoms with Gasteiger partial charge in [-0.2, -0.15) is 0 Å². The standard InChI is InChI=1S/C15H14O4.2C11H12O4.6CH4/c1-10(16)11-5-3-7-13-12(11)6-4-8-14(13)15(17)19-9-18-2;2*1-8(12)9-3-5-10(6-4-9)11(13)15-7-14-2;;;;;;/h3-8H,9H2,1-2H3;2*3-6H,7H2,1-2H3;6*1H4. The molecule has 0 aliphatic heterocycles. The van der Waals surface area contributed by atoms with Gasteiger partial charge < -0.3 is 28.4 Å². The molecule has 0 amide bonds. The summed E-state index contributed by atoms with van der Waals surface area (Å²) < 4.78 is 28.3. The maximum atomic E-state index is 11.9. The highest BCUT2D eigenvalue weighted by Gasteiger charge is 2.14. The molecule has 0 spiro atoms. The van der Waals surface area contributed by atoms with Crippen LogP contribution in [-0.4, -0.2) is 77.0 Å². The van der Waals surface area contributed by atoms with Crippen molar-refractivity contribution in [2.45, 2.75) is 65.3 Å². The van der Waals surface area contributed by atoms with E-state index in [1.807, 2.05) is 6.07 Å². The van der Waals surface area contributed by atoms with Crippen LogP contribution in [0, 0.1) is 0 Å². The van der Waals surface area contributed by atoms with Crippen molar-refractivity contribution in [3.05, 3.63) is 118 Å². The molecule has 0 bridgehead atoms. The van der Waals surface area contributed by atoms with Gasteiger partial charge in [0.2, 0.25) is 0 Å². The number of rotatable bonds is 12. The fourth-order valence-corrected chi connectivity index (χ4v) is 4.06. The smallest absolute Gasteiger partial charge is 0.340 e. The van der Waals surface area contributed by atoms with Gasteiger partial charge in [0.15, 0.2) is 37.7 Å². The first kappa shape index (κ1) is 58.7. The molecule has 0 unspecified atom stereocenters. The number of hydrogen-bond acceptors (Lipinski definition) is 12. The molecular formula is C43H62O12. The van der Waals surface area contributed by atoms with Crippen LogP contribution in [0.15, 0.2) is 84.9 Å². The summed E-state index contributed by atoms with van der Waals surface area (Å²) in [5.74, 6) is -1.50. The predicted octanol–water partition coefficient (Wildman–Crippen LogP) is 9.92. The van der Waals surface area contributed by atoms with Crippen molar-refractivity contribution in [2.75, 3.05) is 41.7 Å². The van der Waals surface area contributed by atoms with Gasteiger partial charge in [0.25, 0.3) is 0 Å². The second-order valence-electron chi connectivity index (χ2n) is 10.0. The molecule has 4 aromatic carbocycles. The van der Waals surface area contributed by atoms with Crippen molar-refractivity contribution in [1.29, 1.82) is 0 Å². The largest absolute Gasteiger partial charge is 0.435 e. The Morgan fingerprint density at radius 3 is 0.982 bits per heavy atom. The lowest BCUT2D eigenvalue weighted by Gasteiger charge is -2.08. The maximum Gasteiger partial charge on any atom is 0.340 e. The van der Waals surface area contributed by atoms with Crippen molar-refractivity contribution in [2.24, 2.45) is 0 Å². The third kappa shape index (κ3) is 18.9. The molecule has 55 heavy (non-hydrogen) atoms. The van der Waals surface area contributed by atoms with Crippen molar-refractivity contribution in [3.63, 3.8) is 0 Å². The highest BCUT2D eigenvalue weighted by Crippen LogP contribution is 2.23. The van der Waals surface area contributed by atoms with Gasteiger partial charge in [-0.05, 0) is 61.9 Å². The third-order valence-corrected chi connectivity index (χ3v) is 6.50. The zero-order chi connectivity index (χ0) is 36.3. The predicted molar refractivity (Wildman–Crippen MR) is 219 cm³/mol. The number of carbonyl (C=O) groups is 6. The van der Waals surface area contributed by atoms with E-state index in [4.69, 9.17) is 18.9 Å². The van der Waals surface area contributed by atoms with Crippen LogP contribution in [0.5, 0.6) is 0 Å². The molecule has 0 fully saturated rings. The number of fused-ring (bicyclic) bond motifs is 1. The van der Waals surface area contributed by atoms with Crippen LogP contribution >= 0.6 is 0 Å². The van der Waals surface area contributed by atoms with Crippen LogP contribution in [0.1, 0.15) is 127 Å². The van der Waals surface area contributed by atoms with Crippen LogP contribution in [0.3, 0.4) is 0 Å². The van der Waals surface area contributed by atoms with Gasteiger partial charge in [0, 0.05) is 38.0 Å². The van der Waals surface area contributed by atoms with Gasteiger partial charge in [-0.15, -0.1) is 0 Å². The van der Waals surface area contributed by atoms with Gasteiger partial charge in [-0.1, -0.05) is 99.2 Å². The van der Waals surface area contributed by atoms with E-state index >= 15 is 0 Å². The molecule has 4 rings (SSSR count). The summed E-state index contributed by atoms with van der Waals surface area (Å²) in [5.41, 5.74) is 2.96. The first-order valence-electron chi connectivity index (χ1n) is 14.7. The Labute approximate surface area is 328 Å². The molecule has 12 nitrogen and oxygen atoms in total. The monoisotopic (exact) mass is 770 g/mol. The molecule has 0 aliphatic carbocycles. The molecule has 0 radical (unpaired) electrons. The fraction of sp³-hybridized carbons (Fsp3) is 0.349. The quantitative estimate of drug-likeness (QED) is 0.0582. The molecule has 12 heteroatoms. The Morgan fingerprint density at radius 1 is 0.382 bits per heavy atom. The van der Waals surface area contributed by atoms with Gasteiger partial charge in [-0.3, -0.25) is 14.4 Å². The zero-order valence-corrected chi connectivity index (χ0v) is 28.1. The van der Waals surface area contributed by atoms with E-state index in [1.54, 1.807) is 78.9 Å². The average molecular weight is 771 g/mol. The molecule has 0 aliphatic rings. The Bertz CT molecular complexity index is 1670. The Morgan fingerprint density at radius 2 is 0.673 bits per heavy atom. The van der Waals surface area contributed by atoms with Gasteiger partial charge in [-0.25, -0.2) is 14.4 Å². The lowest BCUT2D eigenvalue weighted by Crippen LogP contribution is -2.08. The Balaban J connectivity index is -0.000000218. The number of esters is 3. The number of Topliss-reactive ketones (excluding diaryl/α,β-unsaturated/α-hetero) is 3. The number of hydrogen-bond donors (Lipinski definition) is 0. The van der Waals surface area contributed by atoms with E-state index in [9.17, 15) is 28.8 Å². The number of methoxy groups -OCH3 is 3. The number of carbonyl (C=O) groups excluding carboxylic acids is 6. The molecule has 0 saturated carbocycles. The molecule has 0 atom stereocenters. The van der Waals surface area contributed by atoms with E-state index in [0.29, 0.717) is 38.8 Å². The minimum Gasteiger partial charge on any atom is -0.435 e. The molecule has 0 aromatic heterocycles. The first-order chi connectivity index (χ1) is 23.4. The van der Waals surface area contributed by atoms with E-state index in [-0.39, 0.29) is 82.3 Å². The number of ketones is 3. The van der Waals surface area contributed by atoms with E-state index < -0.39 is 17.9 Å². The van der Waals surface area contributed by atoms with E-state index in [1.165, 1.54) is 42.1 Å². The van der Waals surface area contributed by atoms with Crippen molar-refractivity contribution in [3.8, 4) is 0 Å². The van der Waals surface area contributed by atoms with E-state index in [2.05, 4.69) is 9.47 Å². The van der Waals surface area contributed by atoms with Crippen LogP contribution in [0.4, 0.5) is 0 Å². The summed E-state index contributed by atoms with van der Waals surface area (Å²) in [4.78, 5) is 68.0. The zero-order valence-electron chi connectivity index (χ0n) is 28.1. The number of benzene rings is 4. The summed E-state index contributed by atoms with van der Waals surface area (Å²) in [7, 11) is 4.32. The second-order valence-corrected chi connectivity index (χ2v) is 10.0. The topological polar surface area (TPSA) is 158 Å². The van der Waals surface area contributed by atoms with Crippen molar-refractivity contribution in [1.82, 2.24) is 0 Å². The van der Waals surface area contributed by atoms with Gasteiger partial charge in [0.05, 0.1) is 16.7 Å². The molecule has 306 valence electrons. The van der Waals surface area contributed by atoms with E-state index in [0.717, 1.165) is 5.39 Å². The molecule has 4 aromatic rings. The van der Waals surface area contributed by atoms with Crippen LogP contribution in [-0.2, 0) is 28.4 Å². The summed E-state index contributed by atoms with van der Waals surface area (Å²) in [6.45, 7) is 4.20. The molecule has 0 heterocycles. The minimum absolute atomic E-state index is 0. The summed E-state index contributed by atoms with van der Waals surface area (Å²) in [5, 5.41) is 1.46. The maximum absolute atomic E-state index is 11.9. The lowest BCUT2D eigenvalue weighted by atomic mass is 9.98. The lowest BCUT2D eigenvalue weighted by molar-refractivity contribution is -0.0132. The summed E-state index contributed by atoms with van der Waals surface area (Å²) in [6, 6.07) is 23.1. The van der Waals surface area contributed by atoms with Crippen LogP contribution in [0.2, 0.25) is 0 Å². The summed E-state index contributed by atoms with van der Waals surface area (Å²) >= 11 is 0. The molecular weight excluding hydrogens is 708 g/mol. The normalized spacial score (nSPS) is 8.91. The minimum atomic E-state index is -0.466. The highest BCUT2D eigenvalue weighted by molar-refractivity contribution is 6.12. The van der Waals surface area contributed by atoms with Crippen molar-refractivity contribution >= 4 is 46.0 Å². The highest BCUT2D eigenvalue weighted by atomic mass is 16.7. The van der Waals surface area contributed by atoms with Gasteiger partial charge >= 0.3 is 17.9 Å². The van der Waals surface area contributed by atoms with Gasteiger partial charge in [0.1, 0.15) is 0 Å². The van der Waals surface area contributed by atoms with Crippen LogP contribution in [0.25, 0.3) is 10.8 Å². The third-order valence-electron chi connectivity index (χ3n) is 6.50. The summed E-state index contributed by atoms with van der Waals surface area (Å²) in [6.07, 6.45) is 0. The molecule has 0 N–H and O–H groups in total. The molecule has 0 saturated heterocycles. The first-order valence-corrected chi connectivity index (χ1v) is 14.7. The van der Waals surface area contributed by atoms with Crippen molar-refractivity contribution < 1.29 is 57.2 Å².